The summed E-state index contributed by atoms with van der Waals surface area (Å²) in [5, 5.41) is 0. The van der Waals surface area contributed by atoms with E-state index in [4.69, 9.17) is 5.73 Å². The molecule has 0 aliphatic rings. The van der Waals surface area contributed by atoms with E-state index in [9.17, 15) is 0 Å². The number of H-pyrrole nitrogens is 1. The number of aromatic amines is 1. The molecule has 3 N–H and O–H groups in total. The molecule has 0 saturated carbocycles. The first-order valence-electron chi connectivity index (χ1n) is 6.03. The Bertz CT molecular complexity index is 712. The number of hydrogen-bond donors (Lipinski definition) is 2. The van der Waals surface area contributed by atoms with Crippen molar-refractivity contribution in [3.05, 3.63) is 36.4 Å². The van der Waals surface area contributed by atoms with Gasteiger partial charge < -0.3 is 15.6 Å². The van der Waals surface area contributed by atoms with Gasteiger partial charge in [0.15, 0.2) is 5.65 Å². The van der Waals surface area contributed by atoms with Crippen LogP contribution in [0.2, 0.25) is 0 Å². The minimum atomic E-state index is 0.480. The van der Waals surface area contributed by atoms with Gasteiger partial charge in [0.2, 0.25) is 0 Å². The monoisotopic (exact) mass is 253 g/mol. The summed E-state index contributed by atoms with van der Waals surface area (Å²) in [4.78, 5) is 14.0. The number of nitrogens with one attached hydrogen (secondary N) is 1. The van der Waals surface area contributed by atoms with Gasteiger partial charge in [-0.2, -0.15) is 0 Å². The van der Waals surface area contributed by atoms with Crippen molar-refractivity contribution in [2.75, 3.05) is 24.7 Å². The summed E-state index contributed by atoms with van der Waals surface area (Å²) in [6, 6.07) is 11.9. The van der Waals surface area contributed by atoms with Crippen LogP contribution < -0.4 is 10.6 Å². The van der Waals surface area contributed by atoms with Gasteiger partial charge >= 0.3 is 0 Å². The Labute approximate surface area is 111 Å². The first-order valence-corrected chi connectivity index (χ1v) is 6.03. The van der Waals surface area contributed by atoms with Crippen LogP contribution in [-0.2, 0) is 0 Å². The summed E-state index contributed by atoms with van der Waals surface area (Å²) in [6.07, 6.45) is 0. The number of imidazole rings is 1. The Morgan fingerprint density at radius 1 is 1.00 bits per heavy atom. The summed E-state index contributed by atoms with van der Waals surface area (Å²) in [5.41, 5.74) is 9.37. The third kappa shape index (κ3) is 2.10. The molecule has 0 bridgehead atoms. The Hall–Kier alpha value is -2.56. The van der Waals surface area contributed by atoms with E-state index < -0.39 is 0 Å². The van der Waals surface area contributed by atoms with E-state index in [2.05, 4.69) is 32.0 Å². The number of benzene rings is 1. The highest BCUT2D eigenvalue weighted by Crippen LogP contribution is 2.22. The molecule has 0 aliphatic heterocycles. The lowest BCUT2D eigenvalue weighted by atomic mass is 10.2. The number of anilines is 2. The van der Waals surface area contributed by atoms with Crippen molar-refractivity contribution < 1.29 is 0 Å². The molecule has 96 valence electrons. The van der Waals surface area contributed by atoms with Crippen molar-refractivity contribution in [1.29, 1.82) is 0 Å². The molecular formula is C14H15N5. The van der Waals surface area contributed by atoms with Gasteiger partial charge in [-0.3, -0.25) is 0 Å². The van der Waals surface area contributed by atoms with Gasteiger partial charge in [0.1, 0.15) is 11.6 Å². The number of nitrogens with two attached hydrogens (primary N) is 1. The van der Waals surface area contributed by atoms with Gasteiger partial charge in [-0.25, -0.2) is 9.97 Å². The average molecular weight is 253 g/mol. The predicted octanol–water partition coefficient (Wildman–Crippen LogP) is 2.27. The third-order valence-electron chi connectivity index (χ3n) is 3.02. The van der Waals surface area contributed by atoms with E-state index in [0.717, 1.165) is 22.6 Å². The Morgan fingerprint density at radius 2 is 1.74 bits per heavy atom. The molecular weight excluding hydrogens is 238 g/mol. The van der Waals surface area contributed by atoms with Crippen molar-refractivity contribution in [3.8, 4) is 11.4 Å². The minimum Gasteiger partial charge on any atom is -0.384 e. The van der Waals surface area contributed by atoms with Crippen LogP contribution in [0, 0.1) is 0 Å². The molecule has 5 heteroatoms. The van der Waals surface area contributed by atoms with Crippen LogP contribution in [0.4, 0.5) is 11.5 Å². The van der Waals surface area contributed by atoms with Gasteiger partial charge in [-0.1, -0.05) is 0 Å². The summed E-state index contributed by atoms with van der Waals surface area (Å²) in [5.74, 6) is 1.28. The van der Waals surface area contributed by atoms with E-state index in [1.54, 1.807) is 6.07 Å². The summed E-state index contributed by atoms with van der Waals surface area (Å²) in [6.45, 7) is 0. The average Bonchev–Trinajstić information content (AvgIpc) is 2.81. The van der Waals surface area contributed by atoms with Crippen molar-refractivity contribution in [2.45, 2.75) is 0 Å². The molecule has 1 aromatic carbocycles. The fourth-order valence-corrected chi connectivity index (χ4v) is 1.96. The van der Waals surface area contributed by atoms with Gasteiger partial charge in [-0.05, 0) is 36.4 Å². The SMILES string of the molecule is CN(C)c1ccc(-c2nc3nc(N)ccc3[nH]2)cc1. The molecule has 0 unspecified atom stereocenters. The van der Waals surface area contributed by atoms with Crippen LogP contribution in [0.5, 0.6) is 0 Å². The van der Waals surface area contributed by atoms with Crippen molar-refractivity contribution >= 4 is 22.7 Å². The molecule has 0 spiro atoms. The Balaban J connectivity index is 2.03. The van der Waals surface area contributed by atoms with Crippen molar-refractivity contribution in [3.63, 3.8) is 0 Å². The maximum atomic E-state index is 5.65. The molecule has 0 aliphatic carbocycles. The number of aromatic nitrogens is 3. The highest BCUT2D eigenvalue weighted by atomic mass is 15.1. The molecule has 0 amide bonds. The molecule has 19 heavy (non-hydrogen) atoms. The van der Waals surface area contributed by atoms with Crippen molar-refractivity contribution in [2.24, 2.45) is 0 Å². The third-order valence-corrected chi connectivity index (χ3v) is 3.02. The molecule has 0 fully saturated rings. The predicted molar refractivity (Wildman–Crippen MR) is 78.1 cm³/mol. The highest BCUT2D eigenvalue weighted by Gasteiger charge is 2.06. The van der Waals surface area contributed by atoms with Gasteiger partial charge in [0.05, 0.1) is 5.52 Å². The first-order chi connectivity index (χ1) is 9.13. The quantitative estimate of drug-likeness (QED) is 0.735. The van der Waals surface area contributed by atoms with Crippen molar-refractivity contribution in [1.82, 2.24) is 15.0 Å². The summed E-state index contributed by atoms with van der Waals surface area (Å²) in [7, 11) is 4.03. The second-order valence-corrected chi connectivity index (χ2v) is 4.63. The number of nitrogen functional groups attached to an aromatic ring is 1. The second kappa shape index (κ2) is 4.28. The largest absolute Gasteiger partial charge is 0.384 e. The van der Waals surface area contributed by atoms with E-state index in [-0.39, 0.29) is 0 Å². The van der Waals surface area contributed by atoms with E-state index in [1.165, 1.54) is 0 Å². The Kier molecular flexibility index (Phi) is 2.59. The first kappa shape index (κ1) is 11.5. The van der Waals surface area contributed by atoms with Crippen LogP contribution >= 0.6 is 0 Å². The van der Waals surface area contributed by atoms with E-state index in [0.29, 0.717) is 11.5 Å². The zero-order valence-corrected chi connectivity index (χ0v) is 10.9. The maximum Gasteiger partial charge on any atom is 0.180 e. The molecule has 0 saturated heterocycles. The molecule has 3 rings (SSSR count). The molecule has 5 nitrogen and oxygen atoms in total. The van der Waals surface area contributed by atoms with Crippen LogP contribution in [0.3, 0.4) is 0 Å². The zero-order chi connectivity index (χ0) is 13.4. The topological polar surface area (TPSA) is 70.8 Å². The smallest absolute Gasteiger partial charge is 0.180 e. The molecule has 2 aromatic heterocycles. The number of fused-ring (bicyclic) bond motifs is 1. The lowest BCUT2D eigenvalue weighted by Crippen LogP contribution is -2.07. The Morgan fingerprint density at radius 3 is 2.42 bits per heavy atom. The summed E-state index contributed by atoms with van der Waals surface area (Å²) >= 11 is 0. The number of hydrogen-bond acceptors (Lipinski definition) is 4. The molecule has 2 heterocycles. The van der Waals surface area contributed by atoms with Gasteiger partial charge in [0, 0.05) is 25.3 Å². The lowest BCUT2D eigenvalue weighted by molar-refractivity contribution is 1.13. The standard InChI is InChI=1S/C14H15N5/c1-19(2)10-5-3-9(4-6-10)13-16-11-7-8-12(15)17-14(11)18-13/h3-8H,1-2H3,(H3,15,16,17,18). The maximum absolute atomic E-state index is 5.65. The number of rotatable bonds is 2. The fraction of sp³-hybridized carbons (Fsp3) is 0.143. The zero-order valence-electron chi connectivity index (χ0n) is 10.9. The molecule has 3 aromatic rings. The van der Waals surface area contributed by atoms with Crippen LogP contribution in [0.1, 0.15) is 0 Å². The number of pyridine rings is 1. The normalized spacial score (nSPS) is 10.8. The van der Waals surface area contributed by atoms with Crippen LogP contribution in [0.15, 0.2) is 36.4 Å². The fourth-order valence-electron chi connectivity index (χ4n) is 1.96. The molecule has 0 atom stereocenters. The highest BCUT2D eigenvalue weighted by molar-refractivity contribution is 5.77. The lowest BCUT2D eigenvalue weighted by Gasteiger charge is -2.11. The van der Waals surface area contributed by atoms with Gasteiger partial charge in [0.25, 0.3) is 0 Å². The molecule has 0 radical (unpaired) electrons. The summed E-state index contributed by atoms with van der Waals surface area (Å²) < 4.78 is 0. The van der Waals surface area contributed by atoms with Gasteiger partial charge in [-0.15, -0.1) is 0 Å². The number of nitrogens with zero attached hydrogens (tertiary/aromatic N) is 3. The van der Waals surface area contributed by atoms with Crippen LogP contribution in [-0.4, -0.2) is 29.0 Å². The minimum absolute atomic E-state index is 0.480. The van der Waals surface area contributed by atoms with E-state index in [1.807, 2.05) is 32.3 Å². The second-order valence-electron chi connectivity index (χ2n) is 4.63. The van der Waals surface area contributed by atoms with E-state index >= 15 is 0 Å². The van der Waals surface area contributed by atoms with Crippen LogP contribution in [0.25, 0.3) is 22.6 Å².